The minimum absolute atomic E-state index is 0.891. The van der Waals surface area contributed by atoms with E-state index in [1.807, 2.05) is 12.1 Å². The second kappa shape index (κ2) is 4.96. The lowest BCUT2D eigenvalue weighted by Crippen LogP contribution is -2.29. The van der Waals surface area contributed by atoms with Crippen molar-refractivity contribution in [2.24, 2.45) is 0 Å². The van der Waals surface area contributed by atoms with Gasteiger partial charge >= 0.3 is 0 Å². The Balaban J connectivity index is 1.91. The summed E-state index contributed by atoms with van der Waals surface area (Å²) in [6, 6.07) is 14.9. The van der Waals surface area contributed by atoms with Gasteiger partial charge in [-0.3, -0.25) is 0 Å². The summed E-state index contributed by atoms with van der Waals surface area (Å²) in [5.74, 6) is 0. The molecule has 2 aromatic rings. The summed E-state index contributed by atoms with van der Waals surface area (Å²) in [5, 5.41) is 0. The molecular formula is C17H20N2. The van der Waals surface area contributed by atoms with Gasteiger partial charge in [0.05, 0.1) is 0 Å². The molecule has 1 aliphatic rings. The van der Waals surface area contributed by atoms with Crippen molar-refractivity contribution >= 4 is 11.4 Å². The Kier molecular flexibility index (Phi) is 3.16. The summed E-state index contributed by atoms with van der Waals surface area (Å²) in [6.45, 7) is 4.19. The van der Waals surface area contributed by atoms with Gasteiger partial charge in [-0.25, -0.2) is 0 Å². The van der Waals surface area contributed by atoms with Crippen LogP contribution in [-0.2, 0) is 13.0 Å². The first-order chi connectivity index (χ1) is 9.25. The van der Waals surface area contributed by atoms with Crippen LogP contribution in [0.5, 0.6) is 0 Å². The Morgan fingerprint density at radius 2 is 1.95 bits per heavy atom. The topological polar surface area (TPSA) is 29.3 Å². The highest BCUT2D eigenvalue weighted by Crippen LogP contribution is 2.29. The summed E-state index contributed by atoms with van der Waals surface area (Å²) in [4.78, 5) is 2.47. The Hall–Kier alpha value is -1.96. The first-order valence-corrected chi connectivity index (χ1v) is 6.92. The maximum absolute atomic E-state index is 6.00. The van der Waals surface area contributed by atoms with Gasteiger partial charge in [0.2, 0.25) is 0 Å². The van der Waals surface area contributed by atoms with Gasteiger partial charge in [-0.2, -0.15) is 0 Å². The molecule has 2 aromatic carbocycles. The Morgan fingerprint density at radius 3 is 2.84 bits per heavy atom. The number of rotatable bonds is 2. The molecule has 0 radical (unpaired) electrons. The quantitative estimate of drug-likeness (QED) is 0.828. The van der Waals surface area contributed by atoms with Gasteiger partial charge in [-0.15, -0.1) is 0 Å². The highest BCUT2D eigenvalue weighted by atomic mass is 15.1. The minimum atomic E-state index is 0.891. The van der Waals surface area contributed by atoms with Crippen LogP contribution in [0.15, 0.2) is 42.5 Å². The van der Waals surface area contributed by atoms with Crippen molar-refractivity contribution in [2.75, 3.05) is 17.2 Å². The molecule has 0 spiro atoms. The Morgan fingerprint density at radius 1 is 1.11 bits per heavy atom. The van der Waals surface area contributed by atoms with E-state index in [1.165, 1.54) is 35.2 Å². The fourth-order valence-corrected chi connectivity index (χ4v) is 2.86. The Bertz CT molecular complexity index is 590. The van der Waals surface area contributed by atoms with Crippen LogP contribution in [0.1, 0.15) is 23.1 Å². The molecule has 1 heterocycles. The third-order valence-electron chi connectivity index (χ3n) is 4.06. The predicted molar refractivity (Wildman–Crippen MR) is 81.4 cm³/mol. The van der Waals surface area contributed by atoms with Crippen molar-refractivity contribution in [1.29, 1.82) is 0 Å². The largest absolute Gasteiger partial charge is 0.399 e. The minimum Gasteiger partial charge on any atom is -0.399 e. The molecule has 2 N–H and O–H groups in total. The molecule has 0 saturated heterocycles. The van der Waals surface area contributed by atoms with Crippen molar-refractivity contribution in [3.05, 3.63) is 59.2 Å². The molecule has 0 aromatic heterocycles. The predicted octanol–water partition coefficient (Wildman–Crippen LogP) is 3.53. The number of nitrogen functional groups attached to an aromatic ring is 1. The third kappa shape index (κ3) is 2.30. The molecule has 0 amide bonds. The zero-order chi connectivity index (χ0) is 13.2. The van der Waals surface area contributed by atoms with Crippen molar-refractivity contribution in [2.45, 2.75) is 26.3 Å². The van der Waals surface area contributed by atoms with Crippen LogP contribution in [-0.4, -0.2) is 6.54 Å². The highest BCUT2D eigenvalue weighted by molar-refractivity contribution is 5.57. The number of benzene rings is 2. The van der Waals surface area contributed by atoms with Crippen LogP contribution in [0.2, 0.25) is 0 Å². The van der Waals surface area contributed by atoms with Crippen LogP contribution >= 0.6 is 0 Å². The van der Waals surface area contributed by atoms with Gasteiger partial charge in [0, 0.05) is 24.5 Å². The van der Waals surface area contributed by atoms with Gasteiger partial charge in [0.25, 0.3) is 0 Å². The molecule has 0 aliphatic carbocycles. The molecule has 3 rings (SSSR count). The first-order valence-electron chi connectivity index (χ1n) is 6.92. The third-order valence-corrected chi connectivity index (χ3v) is 4.06. The van der Waals surface area contributed by atoms with Crippen molar-refractivity contribution < 1.29 is 0 Å². The van der Waals surface area contributed by atoms with E-state index in [4.69, 9.17) is 5.73 Å². The van der Waals surface area contributed by atoms with E-state index in [1.54, 1.807) is 0 Å². The monoisotopic (exact) mass is 252 g/mol. The van der Waals surface area contributed by atoms with Crippen molar-refractivity contribution in [1.82, 2.24) is 0 Å². The van der Waals surface area contributed by atoms with E-state index in [0.717, 1.165) is 18.8 Å². The lowest BCUT2D eigenvalue weighted by Gasteiger charge is -2.32. The fourth-order valence-electron chi connectivity index (χ4n) is 2.86. The summed E-state index contributed by atoms with van der Waals surface area (Å²) in [7, 11) is 0. The molecule has 98 valence electrons. The zero-order valence-corrected chi connectivity index (χ0v) is 11.4. The first kappa shape index (κ1) is 12.1. The van der Waals surface area contributed by atoms with Crippen LogP contribution in [0.4, 0.5) is 11.4 Å². The maximum atomic E-state index is 6.00. The number of anilines is 2. The molecule has 19 heavy (non-hydrogen) atoms. The standard InChI is InChI=1S/C17H20N2/c1-13-15(7-4-9-16(13)18)12-19-11-5-8-14-6-2-3-10-17(14)19/h2-4,6-7,9-10H,5,8,11-12,18H2,1H3. The van der Waals surface area contributed by atoms with Crippen molar-refractivity contribution in [3.63, 3.8) is 0 Å². The van der Waals surface area contributed by atoms with Gasteiger partial charge in [0.1, 0.15) is 0 Å². The second-order valence-electron chi connectivity index (χ2n) is 5.29. The van der Waals surface area contributed by atoms with Crippen LogP contribution in [0.25, 0.3) is 0 Å². The van der Waals surface area contributed by atoms with E-state index in [2.05, 4.69) is 42.2 Å². The number of nitrogens with two attached hydrogens (primary N) is 1. The van der Waals surface area contributed by atoms with Gasteiger partial charge in [-0.1, -0.05) is 30.3 Å². The van der Waals surface area contributed by atoms with Crippen molar-refractivity contribution in [3.8, 4) is 0 Å². The average molecular weight is 252 g/mol. The molecule has 2 heteroatoms. The lowest BCUT2D eigenvalue weighted by atomic mass is 10.00. The number of fused-ring (bicyclic) bond motifs is 1. The molecule has 0 atom stereocenters. The van der Waals surface area contributed by atoms with Crippen LogP contribution in [0, 0.1) is 6.92 Å². The normalized spacial score (nSPS) is 14.3. The number of para-hydroxylation sites is 1. The SMILES string of the molecule is Cc1c(N)cccc1CN1CCCc2ccccc21. The van der Waals surface area contributed by atoms with Gasteiger partial charge in [-0.05, 0) is 48.6 Å². The average Bonchev–Trinajstić information content (AvgIpc) is 2.44. The number of hydrogen-bond acceptors (Lipinski definition) is 2. The van der Waals surface area contributed by atoms with E-state index in [0.29, 0.717) is 0 Å². The molecule has 2 nitrogen and oxygen atoms in total. The summed E-state index contributed by atoms with van der Waals surface area (Å²) >= 11 is 0. The van der Waals surface area contributed by atoms with E-state index in [9.17, 15) is 0 Å². The number of nitrogens with zero attached hydrogens (tertiary/aromatic N) is 1. The van der Waals surface area contributed by atoms with E-state index in [-0.39, 0.29) is 0 Å². The Labute approximate surface area is 114 Å². The molecule has 0 saturated carbocycles. The summed E-state index contributed by atoms with van der Waals surface area (Å²) in [6.07, 6.45) is 2.43. The highest BCUT2D eigenvalue weighted by Gasteiger charge is 2.17. The molecule has 0 bridgehead atoms. The van der Waals surface area contributed by atoms with E-state index >= 15 is 0 Å². The van der Waals surface area contributed by atoms with Crippen LogP contribution in [0.3, 0.4) is 0 Å². The zero-order valence-electron chi connectivity index (χ0n) is 11.4. The van der Waals surface area contributed by atoms with E-state index < -0.39 is 0 Å². The molecular weight excluding hydrogens is 232 g/mol. The van der Waals surface area contributed by atoms with Gasteiger partial charge < -0.3 is 10.6 Å². The van der Waals surface area contributed by atoms with Gasteiger partial charge in [0.15, 0.2) is 0 Å². The summed E-state index contributed by atoms with van der Waals surface area (Å²) < 4.78 is 0. The molecule has 0 fully saturated rings. The smallest absolute Gasteiger partial charge is 0.0432 e. The molecule has 0 unspecified atom stereocenters. The summed E-state index contributed by atoms with van der Waals surface area (Å²) in [5.41, 5.74) is 12.3. The maximum Gasteiger partial charge on any atom is 0.0432 e. The molecule has 1 aliphatic heterocycles. The fraction of sp³-hybridized carbons (Fsp3) is 0.294. The van der Waals surface area contributed by atoms with Crippen LogP contribution < -0.4 is 10.6 Å². The second-order valence-corrected chi connectivity index (χ2v) is 5.29. The number of aryl methyl sites for hydroxylation is 1. The number of hydrogen-bond donors (Lipinski definition) is 1. The lowest BCUT2D eigenvalue weighted by molar-refractivity contribution is 0.690.